The molecule has 0 spiro atoms. The number of benzene rings is 2. The first kappa shape index (κ1) is 25.9. The second kappa shape index (κ2) is 11.7. The number of likely N-dealkylation sites (tertiary alicyclic amines) is 1. The summed E-state index contributed by atoms with van der Waals surface area (Å²) in [5.74, 6) is -1.36. The third kappa shape index (κ3) is 5.60. The van der Waals surface area contributed by atoms with Crippen LogP contribution in [0.1, 0.15) is 42.5 Å². The molecule has 0 aliphatic carbocycles. The number of rotatable bonds is 9. The maximum atomic E-state index is 13.7. The topological polar surface area (TPSA) is 79.3 Å². The number of morpholine rings is 1. The lowest BCUT2D eigenvalue weighted by atomic mass is 9.94. The number of ketones is 1. The molecular weight excluding hydrogens is 463 g/mol. The van der Waals surface area contributed by atoms with Crippen LogP contribution in [0.15, 0.2) is 48.0 Å². The van der Waals surface area contributed by atoms with Crippen molar-refractivity contribution < 1.29 is 28.6 Å². The Morgan fingerprint density at radius 1 is 1.11 bits per heavy atom. The highest BCUT2D eigenvalue weighted by Gasteiger charge is 2.45. The summed E-state index contributed by atoms with van der Waals surface area (Å²) in [4.78, 5) is 30.1. The summed E-state index contributed by atoms with van der Waals surface area (Å²) in [6.45, 7) is 8.59. The molecule has 2 aliphatic heterocycles. The molecule has 2 aliphatic rings. The van der Waals surface area contributed by atoms with Crippen molar-refractivity contribution in [3.63, 3.8) is 0 Å². The van der Waals surface area contributed by atoms with Crippen LogP contribution in [-0.4, -0.2) is 72.6 Å². The van der Waals surface area contributed by atoms with Crippen molar-refractivity contribution in [3.05, 3.63) is 70.5 Å². The molecule has 0 bridgehead atoms. The molecule has 1 N–H and O–H groups in total. The number of carbonyl (C=O) groups is 2. The van der Waals surface area contributed by atoms with E-state index in [4.69, 9.17) is 9.47 Å². The number of halogens is 1. The monoisotopic (exact) mass is 496 g/mol. The van der Waals surface area contributed by atoms with Crippen molar-refractivity contribution in [2.24, 2.45) is 0 Å². The van der Waals surface area contributed by atoms with E-state index in [0.29, 0.717) is 49.7 Å². The van der Waals surface area contributed by atoms with Gasteiger partial charge in [0.1, 0.15) is 17.3 Å². The van der Waals surface area contributed by atoms with Gasteiger partial charge in [-0.15, -0.1) is 0 Å². The Balaban J connectivity index is 1.66. The highest BCUT2D eigenvalue weighted by atomic mass is 19.1. The molecule has 7 nitrogen and oxygen atoms in total. The van der Waals surface area contributed by atoms with Gasteiger partial charge < -0.3 is 19.5 Å². The van der Waals surface area contributed by atoms with Gasteiger partial charge in [0.25, 0.3) is 11.7 Å². The van der Waals surface area contributed by atoms with Gasteiger partial charge in [0.15, 0.2) is 0 Å². The Bertz CT molecular complexity index is 1130. The Hall–Kier alpha value is -3.23. The molecule has 2 heterocycles. The second-order valence-corrected chi connectivity index (χ2v) is 9.18. The lowest BCUT2D eigenvalue weighted by Crippen LogP contribution is -2.38. The fraction of sp³-hybridized carbons (Fsp3) is 0.429. The standard InChI is InChI=1S/C28H33FN2O5/c1-3-15-36-23-10-7-21(18-19(23)2)26(32)24-25(20-5-8-22(29)9-6-20)31(28(34)27(24)33)12-4-11-30-13-16-35-17-14-30/h5-10,18,25,32H,3-4,11-17H2,1-2H3/b26-24-. The van der Waals surface area contributed by atoms with Crippen LogP contribution in [0.3, 0.4) is 0 Å². The minimum absolute atomic E-state index is 0.0135. The van der Waals surface area contributed by atoms with Crippen molar-refractivity contribution >= 4 is 17.4 Å². The molecule has 0 aromatic heterocycles. The summed E-state index contributed by atoms with van der Waals surface area (Å²) < 4.78 is 24.8. The minimum Gasteiger partial charge on any atom is -0.507 e. The number of aliphatic hydroxyl groups is 1. The normalized spacial score (nSPS) is 20.2. The van der Waals surface area contributed by atoms with Crippen molar-refractivity contribution in [1.29, 1.82) is 0 Å². The highest BCUT2D eigenvalue weighted by molar-refractivity contribution is 6.46. The number of hydrogen-bond donors (Lipinski definition) is 1. The Labute approximate surface area is 211 Å². The van der Waals surface area contributed by atoms with Crippen LogP contribution >= 0.6 is 0 Å². The van der Waals surface area contributed by atoms with E-state index in [1.807, 2.05) is 13.8 Å². The van der Waals surface area contributed by atoms with Crippen LogP contribution in [0.5, 0.6) is 5.75 Å². The molecular formula is C28H33FN2O5. The van der Waals surface area contributed by atoms with Gasteiger partial charge in [0.05, 0.1) is 31.4 Å². The average Bonchev–Trinajstić information content (AvgIpc) is 3.13. The van der Waals surface area contributed by atoms with Crippen molar-refractivity contribution in [3.8, 4) is 5.75 Å². The van der Waals surface area contributed by atoms with E-state index in [9.17, 15) is 19.1 Å². The number of nitrogens with zero attached hydrogens (tertiary/aromatic N) is 2. The minimum atomic E-state index is -0.799. The maximum absolute atomic E-state index is 13.7. The van der Waals surface area contributed by atoms with E-state index in [1.54, 1.807) is 30.3 Å². The smallest absolute Gasteiger partial charge is 0.295 e. The molecule has 4 rings (SSSR count). The summed E-state index contributed by atoms with van der Waals surface area (Å²) in [6, 6.07) is 10.1. The number of carbonyl (C=O) groups excluding carboxylic acids is 2. The fourth-order valence-corrected chi connectivity index (χ4v) is 4.72. The predicted octanol–water partition coefficient (Wildman–Crippen LogP) is 4.07. The second-order valence-electron chi connectivity index (χ2n) is 9.18. The quantitative estimate of drug-likeness (QED) is 0.320. The predicted molar refractivity (Wildman–Crippen MR) is 134 cm³/mol. The number of aryl methyl sites for hydroxylation is 1. The first-order valence-electron chi connectivity index (χ1n) is 12.5. The molecule has 2 saturated heterocycles. The zero-order valence-corrected chi connectivity index (χ0v) is 20.8. The molecule has 1 amide bonds. The molecule has 1 unspecified atom stereocenters. The van der Waals surface area contributed by atoms with E-state index in [2.05, 4.69) is 4.90 Å². The number of hydrogen-bond acceptors (Lipinski definition) is 6. The number of amides is 1. The van der Waals surface area contributed by atoms with Crippen LogP contribution < -0.4 is 4.74 Å². The molecule has 2 fully saturated rings. The summed E-state index contributed by atoms with van der Waals surface area (Å²) in [5, 5.41) is 11.3. The first-order chi connectivity index (χ1) is 17.4. The van der Waals surface area contributed by atoms with Crippen LogP contribution in [0.2, 0.25) is 0 Å². The van der Waals surface area contributed by atoms with Gasteiger partial charge in [0, 0.05) is 31.7 Å². The average molecular weight is 497 g/mol. The van der Waals surface area contributed by atoms with Gasteiger partial charge in [-0.1, -0.05) is 19.1 Å². The van der Waals surface area contributed by atoms with Gasteiger partial charge in [-0.2, -0.15) is 0 Å². The molecule has 36 heavy (non-hydrogen) atoms. The van der Waals surface area contributed by atoms with Gasteiger partial charge in [-0.25, -0.2) is 4.39 Å². The van der Waals surface area contributed by atoms with Crippen molar-refractivity contribution in [2.75, 3.05) is 46.0 Å². The highest BCUT2D eigenvalue weighted by Crippen LogP contribution is 2.40. The van der Waals surface area contributed by atoms with Crippen LogP contribution in [-0.2, 0) is 14.3 Å². The van der Waals surface area contributed by atoms with E-state index in [1.165, 1.54) is 17.0 Å². The van der Waals surface area contributed by atoms with Crippen LogP contribution in [0.25, 0.3) is 5.76 Å². The SMILES string of the molecule is CCCOc1ccc(/C(O)=C2/C(=O)C(=O)N(CCCN3CCOCC3)C2c2ccc(F)cc2)cc1C. The lowest BCUT2D eigenvalue weighted by Gasteiger charge is -2.29. The number of aliphatic hydroxyl groups excluding tert-OH is 1. The third-order valence-electron chi connectivity index (χ3n) is 6.61. The van der Waals surface area contributed by atoms with Crippen molar-refractivity contribution in [2.45, 2.75) is 32.7 Å². The van der Waals surface area contributed by atoms with Crippen molar-refractivity contribution in [1.82, 2.24) is 9.80 Å². The largest absolute Gasteiger partial charge is 0.507 e. The number of Topliss-reactive ketones (excluding diaryl/α,β-unsaturated/α-hetero) is 1. The summed E-state index contributed by atoms with van der Waals surface area (Å²) in [5.41, 5.74) is 1.82. The van der Waals surface area contributed by atoms with Gasteiger partial charge >= 0.3 is 0 Å². The Morgan fingerprint density at radius 3 is 2.50 bits per heavy atom. The first-order valence-corrected chi connectivity index (χ1v) is 12.5. The molecule has 2 aromatic carbocycles. The molecule has 192 valence electrons. The lowest BCUT2D eigenvalue weighted by molar-refractivity contribution is -0.140. The molecule has 0 radical (unpaired) electrons. The summed E-state index contributed by atoms with van der Waals surface area (Å²) >= 11 is 0. The zero-order valence-electron chi connectivity index (χ0n) is 20.8. The van der Waals surface area contributed by atoms with E-state index in [0.717, 1.165) is 31.6 Å². The molecule has 1 atom stereocenters. The summed E-state index contributed by atoms with van der Waals surface area (Å²) in [6.07, 6.45) is 1.53. The third-order valence-corrected chi connectivity index (χ3v) is 6.61. The van der Waals surface area contributed by atoms with E-state index < -0.39 is 23.5 Å². The maximum Gasteiger partial charge on any atom is 0.295 e. The fourth-order valence-electron chi connectivity index (χ4n) is 4.72. The van der Waals surface area contributed by atoms with E-state index in [-0.39, 0.29) is 11.3 Å². The van der Waals surface area contributed by atoms with Crippen LogP contribution in [0, 0.1) is 12.7 Å². The molecule has 8 heteroatoms. The molecule has 0 saturated carbocycles. The van der Waals surface area contributed by atoms with Gasteiger partial charge in [-0.05, 0) is 61.2 Å². The molecule has 2 aromatic rings. The summed E-state index contributed by atoms with van der Waals surface area (Å²) in [7, 11) is 0. The zero-order chi connectivity index (χ0) is 25.7. The van der Waals surface area contributed by atoms with Gasteiger partial charge in [-0.3, -0.25) is 14.5 Å². The van der Waals surface area contributed by atoms with Crippen LogP contribution in [0.4, 0.5) is 4.39 Å². The van der Waals surface area contributed by atoms with Gasteiger partial charge in [0.2, 0.25) is 0 Å². The number of ether oxygens (including phenoxy) is 2. The van der Waals surface area contributed by atoms with E-state index >= 15 is 0 Å². The Morgan fingerprint density at radius 2 is 1.83 bits per heavy atom. The Kier molecular flexibility index (Phi) is 8.38.